The summed E-state index contributed by atoms with van der Waals surface area (Å²) in [6.45, 7) is 4.82. The molecule has 158 valence electrons. The van der Waals surface area contributed by atoms with E-state index in [1.807, 2.05) is 29.7 Å². The van der Waals surface area contributed by atoms with Gasteiger partial charge in [-0.1, -0.05) is 0 Å². The van der Waals surface area contributed by atoms with Gasteiger partial charge in [0.25, 0.3) is 0 Å². The van der Waals surface area contributed by atoms with Crippen LogP contribution in [0.5, 0.6) is 0 Å². The summed E-state index contributed by atoms with van der Waals surface area (Å²) < 4.78 is 12.8. The Morgan fingerprint density at radius 2 is 2.27 bits per heavy atom. The van der Waals surface area contributed by atoms with E-state index in [0.717, 1.165) is 22.6 Å². The van der Waals surface area contributed by atoms with Crippen LogP contribution in [0, 0.1) is 6.92 Å². The highest BCUT2D eigenvalue weighted by Gasteiger charge is 2.27. The van der Waals surface area contributed by atoms with Crippen LogP contribution in [0.2, 0.25) is 0 Å². The molecule has 1 atom stereocenters. The largest absolute Gasteiger partial charge is 0.453 e. The maximum Gasteiger partial charge on any atom is 0.409 e. The fourth-order valence-electron chi connectivity index (χ4n) is 3.63. The van der Waals surface area contributed by atoms with Crippen molar-refractivity contribution in [2.75, 3.05) is 32.1 Å². The number of hydrogen-bond donors (Lipinski definition) is 2. The summed E-state index contributed by atoms with van der Waals surface area (Å²) in [6, 6.07) is 4.01. The molecule has 1 aliphatic heterocycles. The topological polar surface area (TPSA) is 114 Å². The second kappa shape index (κ2) is 8.15. The van der Waals surface area contributed by atoms with Crippen LogP contribution in [0.15, 0.2) is 24.5 Å². The number of morpholine rings is 1. The fourth-order valence-corrected chi connectivity index (χ4v) is 3.63. The molecule has 4 rings (SSSR count). The molecule has 2 amide bonds. The van der Waals surface area contributed by atoms with Crippen LogP contribution in [-0.4, -0.2) is 69.2 Å². The molecular formula is C20H24N6O4. The van der Waals surface area contributed by atoms with Gasteiger partial charge in [0.1, 0.15) is 11.3 Å². The molecule has 4 heterocycles. The minimum atomic E-state index is -0.356. The molecule has 1 saturated heterocycles. The lowest BCUT2D eigenvalue weighted by molar-refractivity contribution is -0.114. The molecule has 10 heteroatoms. The van der Waals surface area contributed by atoms with Gasteiger partial charge in [0.2, 0.25) is 11.9 Å². The zero-order chi connectivity index (χ0) is 21.3. The number of amides is 2. The number of nitrogens with one attached hydrogen (secondary N) is 2. The molecule has 1 fully saturated rings. The Kier molecular flexibility index (Phi) is 5.40. The Morgan fingerprint density at radius 3 is 3.03 bits per heavy atom. The van der Waals surface area contributed by atoms with E-state index >= 15 is 0 Å². The molecule has 10 nitrogen and oxygen atoms in total. The van der Waals surface area contributed by atoms with Gasteiger partial charge in [-0.2, -0.15) is 0 Å². The summed E-state index contributed by atoms with van der Waals surface area (Å²) in [7, 11) is 1.38. The van der Waals surface area contributed by atoms with Gasteiger partial charge in [0.15, 0.2) is 0 Å². The highest BCUT2D eigenvalue weighted by Crippen LogP contribution is 2.27. The van der Waals surface area contributed by atoms with E-state index in [4.69, 9.17) is 14.5 Å². The van der Waals surface area contributed by atoms with Crippen LogP contribution in [0.1, 0.15) is 18.2 Å². The van der Waals surface area contributed by atoms with Gasteiger partial charge >= 0.3 is 6.09 Å². The van der Waals surface area contributed by atoms with Crippen LogP contribution in [-0.2, 0) is 20.7 Å². The molecule has 0 aliphatic carbocycles. The minimum Gasteiger partial charge on any atom is -0.453 e. The summed E-state index contributed by atoms with van der Waals surface area (Å²) in [6.07, 6.45) is 3.61. The molecule has 3 aromatic rings. The number of hydrogen-bond acceptors (Lipinski definition) is 6. The van der Waals surface area contributed by atoms with E-state index in [1.165, 1.54) is 14.0 Å². The lowest BCUT2D eigenvalue weighted by Crippen LogP contribution is -2.46. The number of ether oxygens (including phenoxy) is 2. The highest BCUT2D eigenvalue weighted by molar-refractivity contribution is 5.87. The van der Waals surface area contributed by atoms with Crippen molar-refractivity contribution < 1.29 is 19.1 Å². The van der Waals surface area contributed by atoms with Gasteiger partial charge in [-0.25, -0.2) is 14.8 Å². The number of anilines is 1. The summed E-state index contributed by atoms with van der Waals surface area (Å²) in [5.41, 5.74) is 4.25. The molecule has 30 heavy (non-hydrogen) atoms. The first-order valence-corrected chi connectivity index (χ1v) is 9.69. The van der Waals surface area contributed by atoms with E-state index < -0.39 is 0 Å². The summed E-state index contributed by atoms with van der Waals surface area (Å²) in [4.78, 5) is 37.0. The lowest BCUT2D eigenvalue weighted by atomic mass is 10.1. The molecule has 0 saturated carbocycles. The highest BCUT2D eigenvalue weighted by atomic mass is 16.5. The second-order valence-corrected chi connectivity index (χ2v) is 7.28. The standard InChI is InChI=1S/C20H24N6O4/c1-12-4-5-26-16(9-14-11-25(6-7-30-14)20(28)29-3)18(24-17(26)8-12)15-10-21-19(23-15)22-13(2)27/h4-5,8,10,14H,6-7,9,11H2,1-3H3,(H2,21,22,23,27)/t14-/m0/s1. The number of aromatic nitrogens is 4. The number of methoxy groups -OCH3 is 1. The third-order valence-electron chi connectivity index (χ3n) is 5.00. The van der Waals surface area contributed by atoms with Crippen molar-refractivity contribution in [3.63, 3.8) is 0 Å². The van der Waals surface area contributed by atoms with Gasteiger partial charge in [-0.15, -0.1) is 0 Å². The van der Waals surface area contributed by atoms with E-state index in [9.17, 15) is 9.59 Å². The maximum atomic E-state index is 11.9. The predicted molar refractivity (Wildman–Crippen MR) is 109 cm³/mol. The zero-order valence-electron chi connectivity index (χ0n) is 17.1. The number of carbonyl (C=O) groups is 2. The molecule has 0 radical (unpaired) electrons. The number of carbonyl (C=O) groups excluding carboxylic acids is 2. The van der Waals surface area contributed by atoms with E-state index in [2.05, 4.69) is 15.3 Å². The number of fused-ring (bicyclic) bond motifs is 1. The second-order valence-electron chi connectivity index (χ2n) is 7.28. The predicted octanol–water partition coefficient (Wildman–Crippen LogP) is 2.00. The number of rotatable bonds is 4. The third kappa shape index (κ3) is 3.99. The first kappa shape index (κ1) is 19.9. The number of aromatic amines is 1. The van der Waals surface area contributed by atoms with Crippen LogP contribution in [0.4, 0.5) is 10.7 Å². The van der Waals surface area contributed by atoms with Crippen LogP contribution in [0.25, 0.3) is 17.0 Å². The molecular weight excluding hydrogens is 388 g/mol. The summed E-state index contributed by atoms with van der Waals surface area (Å²) in [5, 5.41) is 2.64. The van der Waals surface area contributed by atoms with E-state index in [-0.39, 0.29) is 18.1 Å². The Hall–Kier alpha value is -3.40. The van der Waals surface area contributed by atoms with Gasteiger partial charge < -0.3 is 23.8 Å². The van der Waals surface area contributed by atoms with E-state index in [0.29, 0.717) is 37.8 Å². The zero-order valence-corrected chi connectivity index (χ0v) is 17.1. The Bertz CT molecular complexity index is 1090. The van der Waals surface area contributed by atoms with Gasteiger partial charge in [0.05, 0.1) is 44.0 Å². The van der Waals surface area contributed by atoms with Crippen molar-refractivity contribution in [3.8, 4) is 11.4 Å². The first-order valence-electron chi connectivity index (χ1n) is 9.69. The molecule has 0 unspecified atom stereocenters. The molecule has 1 aliphatic rings. The number of nitrogens with zero attached hydrogens (tertiary/aromatic N) is 4. The average molecular weight is 412 g/mol. The third-order valence-corrected chi connectivity index (χ3v) is 5.00. The van der Waals surface area contributed by atoms with Crippen LogP contribution < -0.4 is 5.32 Å². The molecule has 0 bridgehead atoms. The quantitative estimate of drug-likeness (QED) is 0.678. The maximum absolute atomic E-state index is 11.9. The SMILES string of the molecule is COC(=O)N1CCO[C@@H](Cc2c(-c3cnc(NC(C)=O)[nH]3)nc3cc(C)ccn23)C1. The van der Waals surface area contributed by atoms with E-state index in [1.54, 1.807) is 11.1 Å². The number of imidazole rings is 2. The van der Waals surface area contributed by atoms with Gasteiger partial charge in [0, 0.05) is 26.1 Å². The number of aryl methyl sites for hydroxylation is 1. The van der Waals surface area contributed by atoms with Crippen molar-refractivity contribution in [2.24, 2.45) is 0 Å². The van der Waals surface area contributed by atoms with Gasteiger partial charge in [-0.05, 0) is 24.6 Å². The lowest BCUT2D eigenvalue weighted by Gasteiger charge is -2.32. The Labute approximate surface area is 173 Å². The molecule has 3 aromatic heterocycles. The normalized spacial score (nSPS) is 16.6. The van der Waals surface area contributed by atoms with Crippen molar-refractivity contribution in [3.05, 3.63) is 35.8 Å². The van der Waals surface area contributed by atoms with Crippen molar-refractivity contribution in [2.45, 2.75) is 26.4 Å². The Morgan fingerprint density at radius 1 is 1.43 bits per heavy atom. The average Bonchev–Trinajstić information content (AvgIpc) is 3.31. The first-order chi connectivity index (χ1) is 14.4. The smallest absolute Gasteiger partial charge is 0.409 e. The summed E-state index contributed by atoms with van der Waals surface area (Å²) >= 11 is 0. The molecule has 0 spiro atoms. The molecule has 2 N–H and O–H groups in total. The van der Waals surface area contributed by atoms with Crippen molar-refractivity contribution >= 4 is 23.6 Å². The Balaban J connectivity index is 1.69. The minimum absolute atomic E-state index is 0.199. The van der Waals surface area contributed by atoms with Crippen LogP contribution in [0.3, 0.4) is 0 Å². The molecule has 0 aromatic carbocycles. The number of H-pyrrole nitrogens is 1. The van der Waals surface area contributed by atoms with Crippen molar-refractivity contribution in [1.29, 1.82) is 0 Å². The summed E-state index contributed by atoms with van der Waals surface area (Å²) in [5.74, 6) is 0.155. The van der Waals surface area contributed by atoms with Crippen LogP contribution >= 0.6 is 0 Å². The van der Waals surface area contributed by atoms with Gasteiger partial charge in [-0.3, -0.25) is 10.1 Å². The number of pyridine rings is 1. The monoisotopic (exact) mass is 412 g/mol. The van der Waals surface area contributed by atoms with Crippen molar-refractivity contribution in [1.82, 2.24) is 24.3 Å². The fraction of sp³-hybridized carbons (Fsp3) is 0.400.